The number of nitrogens with one attached hydrogen (secondary N) is 2. The topological polar surface area (TPSA) is 84.0 Å². The van der Waals surface area contributed by atoms with Crippen LogP contribution in [0.15, 0.2) is 64.8 Å². The van der Waals surface area contributed by atoms with Crippen LogP contribution >= 0.6 is 0 Å². The second-order valence-corrected chi connectivity index (χ2v) is 9.95. The van der Waals surface area contributed by atoms with E-state index < -0.39 is 9.84 Å². The molecule has 1 spiro atoms. The monoisotopic (exact) mass is 408 g/mol. The molecule has 0 bridgehead atoms. The Morgan fingerprint density at radius 2 is 1.76 bits per heavy atom. The van der Waals surface area contributed by atoms with Crippen LogP contribution in [0, 0.1) is 0 Å². The summed E-state index contributed by atoms with van der Waals surface area (Å²) in [7, 11) is -3.74. The SMILES string of the molecule is O=S(=O)(c1ccccc1)c1ncc2cccc(C3CCC4(CCNN4)CC3)c2n1. The van der Waals surface area contributed by atoms with Gasteiger partial charge in [0.1, 0.15) is 0 Å². The lowest BCUT2D eigenvalue weighted by Gasteiger charge is -2.37. The summed E-state index contributed by atoms with van der Waals surface area (Å²) in [5, 5.41) is 0.757. The highest BCUT2D eigenvalue weighted by atomic mass is 32.2. The Hall–Kier alpha value is -2.35. The zero-order valence-corrected chi connectivity index (χ0v) is 17.0. The quantitative estimate of drug-likeness (QED) is 0.647. The Morgan fingerprint density at radius 3 is 2.48 bits per heavy atom. The highest BCUT2D eigenvalue weighted by Crippen LogP contribution is 2.42. The van der Waals surface area contributed by atoms with Crippen molar-refractivity contribution in [2.45, 2.75) is 53.6 Å². The Labute approximate surface area is 170 Å². The van der Waals surface area contributed by atoms with Gasteiger partial charge in [0, 0.05) is 23.7 Å². The molecule has 0 unspecified atom stereocenters. The number of hydrazine groups is 1. The molecule has 3 aromatic rings. The fraction of sp³-hybridized carbons (Fsp3) is 0.364. The molecule has 1 saturated carbocycles. The van der Waals surface area contributed by atoms with Crippen LogP contribution in [0.4, 0.5) is 0 Å². The lowest BCUT2D eigenvalue weighted by molar-refractivity contribution is 0.235. The zero-order chi connectivity index (χ0) is 19.9. The van der Waals surface area contributed by atoms with Crippen molar-refractivity contribution in [3.8, 4) is 0 Å². The number of nitrogens with zero attached hydrogens (tertiary/aromatic N) is 2. The lowest BCUT2D eigenvalue weighted by Crippen LogP contribution is -2.46. The van der Waals surface area contributed by atoms with Crippen molar-refractivity contribution in [3.63, 3.8) is 0 Å². The molecule has 0 amide bonds. The molecule has 2 N–H and O–H groups in total. The van der Waals surface area contributed by atoms with Crippen LogP contribution in [0.1, 0.15) is 43.6 Å². The van der Waals surface area contributed by atoms with E-state index in [1.54, 1.807) is 36.5 Å². The smallest absolute Gasteiger partial charge is 0.252 e. The molecule has 0 atom stereocenters. The summed E-state index contributed by atoms with van der Waals surface area (Å²) in [6.45, 7) is 1.02. The van der Waals surface area contributed by atoms with Gasteiger partial charge in [0.05, 0.1) is 10.4 Å². The number of rotatable bonds is 3. The van der Waals surface area contributed by atoms with E-state index in [1.165, 1.54) is 0 Å². The van der Waals surface area contributed by atoms with Gasteiger partial charge in [-0.15, -0.1) is 0 Å². The van der Waals surface area contributed by atoms with Gasteiger partial charge in [0.2, 0.25) is 9.84 Å². The fourth-order valence-corrected chi connectivity index (χ4v) is 5.83. The third-order valence-corrected chi connectivity index (χ3v) is 7.95. The van der Waals surface area contributed by atoms with Crippen LogP contribution in [0.2, 0.25) is 0 Å². The number of benzene rings is 2. The third kappa shape index (κ3) is 3.33. The number of sulfone groups is 1. The van der Waals surface area contributed by atoms with Gasteiger partial charge in [-0.3, -0.25) is 10.9 Å². The van der Waals surface area contributed by atoms with Crippen molar-refractivity contribution in [2.24, 2.45) is 0 Å². The first kappa shape index (κ1) is 18.7. The second-order valence-electron chi connectivity index (χ2n) is 8.11. The third-order valence-electron chi connectivity index (χ3n) is 6.38. The van der Waals surface area contributed by atoms with E-state index in [0.717, 1.165) is 55.1 Å². The summed E-state index contributed by atoms with van der Waals surface area (Å²) in [6.07, 6.45) is 7.16. The molecule has 1 aliphatic heterocycles. The van der Waals surface area contributed by atoms with Crippen LogP contribution in [0.25, 0.3) is 10.9 Å². The minimum atomic E-state index is -3.74. The number of fused-ring (bicyclic) bond motifs is 1. The molecule has 2 heterocycles. The Kier molecular flexibility index (Phi) is 4.61. The van der Waals surface area contributed by atoms with Gasteiger partial charge in [-0.25, -0.2) is 18.4 Å². The van der Waals surface area contributed by atoms with Crippen molar-refractivity contribution in [1.82, 2.24) is 20.8 Å². The van der Waals surface area contributed by atoms with Crippen molar-refractivity contribution >= 4 is 20.7 Å². The van der Waals surface area contributed by atoms with Crippen LogP contribution in [0.3, 0.4) is 0 Å². The summed E-state index contributed by atoms with van der Waals surface area (Å²) < 4.78 is 26.0. The van der Waals surface area contributed by atoms with E-state index in [1.807, 2.05) is 12.1 Å². The van der Waals surface area contributed by atoms with E-state index in [4.69, 9.17) is 0 Å². The van der Waals surface area contributed by atoms with Crippen molar-refractivity contribution in [3.05, 3.63) is 60.3 Å². The summed E-state index contributed by atoms with van der Waals surface area (Å²) in [5.74, 6) is 0.383. The van der Waals surface area contributed by atoms with Crippen LogP contribution in [-0.4, -0.2) is 30.5 Å². The molecule has 2 fully saturated rings. The first-order chi connectivity index (χ1) is 14.1. The minimum absolute atomic E-state index is 0.127. The largest absolute Gasteiger partial charge is 0.257 e. The molecular weight excluding hydrogens is 384 g/mol. The summed E-state index contributed by atoms with van der Waals surface area (Å²) in [4.78, 5) is 8.96. The highest BCUT2D eigenvalue weighted by Gasteiger charge is 2.38. The minimum Gasteiger partial charge on any atom is -0.257 e. The van der Waals surface area contributed by atoms with Gasteiger partial charge in [0.15, 0.2) is 0 Å². The first-order valence-corrected chi connectivity index (χ1v) is 11.6. The summed E-state index contributed by atoms with van der Waals surface area (Å²) in [6, 6.07) is 14.4. The van der Waals surface area contributed by atoms with Gasteiger partial charge in [-0.1, -0.05) is 36.4 Å². The Bertz CT molecular complexity index is 1130. The van der Waals surface area contributed by atoms with Crippen LogP contribution < -0.4 is 10.9 Å². The van der Waals surface area contributed by atoms with Crippen LogP contribution in [-0.2, 0) is 9.84 Å². The molecule has 2 aromatic carbocycles. The van der Waals surface area contributed by atoms with Crippen molar-refractivity contribution in [1.29, 1.82) is 0 Å². The number of aromatic nitrogens is 2. The second kappa shape index (κ2) is 7.16. The average Bonchev–Trinajstić information content (AvgIpc) is 3.22. The van der Waals surface area contributed by atoms with Gasteiger partial charge >= 0.3 is 0 Å². The first-order valence-electron chi connectivity index (χ1n) is 10.1. The highest BCUT2D eigenvalue weighted by molar-refractivity contribution is 7.91. The maximum absolute atomic E-state index is 13.0. The Morgan fingerprint density at radius 1 is 0.966 bits per heavy atom. The summed E-state index contributed by atoms with van der Waals surface area (Å²) >= 11 is 0. The Balaban J connectivity index is 1.52. The van der Waals surface area contributed by atoms with Crippen molar-refractivity contribution < 1.29 is 8.42 Å². The van der Waals surface area contributed by atoms with Gasteiger partial charge in [-0.2, -0.15) is 0 Å². The molecule has 6 nitrogen and oxygen atoms in total. The number of hydrogen-bond acceptors (Lipinski definition) is 6. The fourth-order valence-electron chi connectivity index (χ4n) is 4.70. The van der Waals surface area contributed by atoms with E-state index in [9.17, 15) is 8.42 Å². The lowest BCUT2D eigenvalue weighted by atomic mass is 9.73. The molecule has 5 rings (SSSR count). The number of hydrogen-bond donors (Lipinski definition) is 2. The molecule has 29 heavy (non-hydrogen) atoms. The molecule has 1 saturated heterocycles. The standard InChI is InChI=1S/C22H24N4O2S/c27-29(28,18-6-2-1-3-7-18)21-23-15-17-5-4-8-19(20(17)25-21)16-9-11-22(12-10-16)13-14-24-26-22/h1-8,15-16,24,26H,9-14H2. The molecule has 7 heteroatoms. The average molecular weight is 409 g/mol. The van der Waals surface area contributed by atoms with E-state index in [2.05, 4.69) is 26.9 Å². The van der Waals surface area contributed by atoms with Gasteiger partial charge < -0.3 is 0 Å². The molecule has 1 aromatic heterocycles. The molecule has 1 aliphatic carbocycles. The normalized spacial score (nSPS) is 24.9. The van der Waals surface area contributed by atoms with E-state index in [-0.39, 0.29) is 15.6 Å². The molecular formula is C22H24N4O2S. The maximum atomic E-state index is 13.0. The van der Waals surface area contributed by atoms with Crippen molar-refractivity contribution in [2.75, 3.05) is 6.54 Å². The predicted octanol–water partition coefficient (Wildman–Crippen LogP) is 3.36. The van der Waals surface area contributed by atoms with Crippen LogP contribution in [0.5, 0.6) is 0 Å². The predicted molar refractivity (Wildman–Crippen MR) is 111 cm³/mol. The molecule has 0 radical (unpaired) electrons. The van der Waals surface area contributed by atoms with E-state index >= 15 is 0 Å². The van der Waals surface area contributed by atoms with Gasteiger partial charge in [-0.05, 0) is 55.7 Å². The summed E-state index contributed by atoms with van der Waals surface area (Å²) in [5.41, 5.74) is 8.86. The zero-order valence-electron chi connectivity index (χ0n) is 16.1. The van der Waals surface area contributed by atoms with E-state index in [0.29, 0.717) is 5.92 Å². The molecule has 2 aliphatic rings. The maximum Gasteiger partial charge on any atom is 0.252 e. The van der Waals surface area contributed by atoms with Gasteiger partial charge in [0.25, 0.3) is 5.16 Å². The number of para-hydroxylation sites is 1. The molecule has 150 valence electrons.